The predicted octanol–water partition coefficient (Wildman–Crippen LogP) is 1.75. The lowest BCUT2D eigenvalue weighted by Gasteiger charge is -2.35. The number of carboxylic acid groups (broad SMARTS) is 1. The van der Waals surface area contributed by atoms with Crippen molar-refractivity contribution in [2.45, 2.75) is 39.0 Å². The molecule has 0 fully saturated rings. The molecule has 0 radical (unpaired) electrons. The van der Waals surface area contributed by atoms with Crippen molar-refractivity contribution in [3.8, 4) is 0 Å². The summed E-state index contributed by atoms with van der Waals surface area (Å²) in [6.07, 6.45) is -0.715. The van der Waals surface area contributed by atoms with Gasteiger partial charge in [-0.05, 0) is 26.0 Å². The smallest absolute Gasteiger partial charge is 0.323 e. The van der Waals surface area contributed by atoms with Crippen LogP contribution < -0.4 is 0 Å². The number of hydrogen-bond donors (Lipinski definition) is 2. The van der Waals surface area contributed by atoms with Crippen molar-refractivity contribution in [3.05, 3.63) is 35.9 Å². The molecule has 1 rings (SSSR count). The molecular weight excluding hydrogens is 270 g/mol. The van der Waals surface area contributed by atoms with Crippen molar-refractivity contribution in [1.29, 1.82) is 0 Å². The van der Waals surface area contributed by atoms with Gasteiger partial charge in [0.15, 0.2) is 0 Å². The molecule has 118 valence electrons. The highest BCUT2D eigenvalue weighted by Crippen LogP contribution is 2.15. The van der Waals surface area contributed by atoms with Crippen LogP contribution in [0.4, 0.5) is 0 Å². The molecule has 21 heavy (non-hydrogen) atoms. The minimum atomic E-state index is -1.00. The highest BCUT2D eigenvalue weighted by atomic mass is 16.5. The van der Waals surface area contributed by atoms with Gasteiger partial charge in [0.25, 0.3) is 0 Å². The van der Waals surface area contributed by atoms with Crippen LogP contribution in [0.5, 0.6) is 0 Å². The Hall–Kier alpha value is -1.43. The van der Waals surface area contributed by atoms with E-state index < -0.39 is 17.6 Å². The first-order valence-corrected chi connectivity index (χ1v) is 7.16. The van der Waals surface area contributed by atoms with Gasteiger partial charge < -0.3 is 14.9 Å². The van der Waals surface area contributed by atoms with Gasteiger partial charge in [0.1, 0.15) is 5.54 Å². The van der Waals surface area contributed by atoms with E-state index in [0.717, 1.165) is 5.56 Å². The zero-order chi connectivity index (χ0) is 15.9. The zero-order valence-electron chi connectivity index (χ0n) is 13.0. The number of ether oxygens (including phenoxy) is 1. The molecule has 1 aromatic carbocycles. The quantitative estimate of drug-likeness (QED) is 0.726. The number of β-amino-alcohol motifs (C(OH)–C–C–N with tert-alkyl or cyclic N) is 1. The highest BCUT2D eigenvalue weighted by molar-refractivity contribution is 5.77. The first-order valence-electron chi connectivity index (χ1n) is 7.16. The molecule has 1 aromatic rings. The van der Waals surface area contributed by atoms with E-state index in [4.69, 9.17) is 4.74 Å². The van der Waals surface area contributed by atoms with E-state index in [1.54, 1.807) is 18.7 Å². The van der Waals surface area contributed by atoms with Crippen molar-refractivity contribution < 1.29 is 19.7 Å². The second kappa shape index (κ2) is 8.12. The molecule has 0 aliphatic carbocycles. The van der Waals surface area contributed by atoms with Gasteiger partial charge in [-0.3, -0.25) is 9.69 Å². The molecule has 1 atom stereocenters. The van der Waals surface area contributed by atoms with Gasteiger partial charge in [0, 0.05) is 6.54 Å². The van der Waals surface area contributed by atoms with Crippen LogP contribution in [-0.2, 0) is 16.1 Å². The maximum atomic E-state index is 11.2. The first-order chi connectivity index (χ1) is 9.87. The lowest BCUT2D eigenvalue weighted by molar-refractivity contribution is -0.150. The van der Waals surface area contributed by atoms with Crippen LogP contribution in [0.15, 0.2) is 30.3 Å². The van der Waals surface area contributed by atoms with Crippen molar-refractivity contribution in [3.63, 3.8) is 0 Å². The summed E-state index contributed by atoms with van der Waals surface area (Å²) in [6, 6.07) is 9.72. The van der Waals surface area contributed by atoms with E-state index in [9.17, 15) is 15.0 Å². The molecule has 0 aliphatic heterocycles. The summed E-state index contributed by atoms with van der Waals surface area (Å²) in [6.45, 7) is 6.59. The van der Waals surface area contributed by atoms with Crippen LogP contribution in [0.1, 0.15) is 26.3 Å². The summed E-state index contributed by atoms with van der Waals surface area (Å²) >= 11 is 0. The summed E-state index contributed by atoms with van der Waals surface area (Å²) in [4.78, 5) is 13.0. The molecular formula is C16H25NO4. The number of likely N-dealkylation sites (N-methyl/N-ethyl adjacent to an activating group) is 1. The van der Waals surface area contributed by atoms with E-state index in [1.807, 2.05) is 37.3 Å². The van der Waals surface area contributed by atoms with Crippen molar-refractivity contribution in [1.82, 2.24) is 4.90 Å². The number of aliphatic carboxylic acids is 1. The van der Waals surface area contributed by atoms with E-state index in [-0.39, 0.29) is 13.2 Å². The standard InChI is InChI=1S/C16H25NO4/c1-4-17(16(2,3)15(19)20)10-14(18)12-21-11-13-8-6-5-7-9-13/h5-9,14,18H,4,10-12H2,1-3H3,(H,19,20). The first kappa shape index (κ1) is 17.6. The Morgan fingerprint density at radius 1 is 1.33 bits per heavy atom. The van der Waals surface area contributed by atoms with Crippen LogP contribution in [0.3, 0.4) is 0 Å². The summed E-state index contributed by atoms with van der Waals surface area (Å²) < 4.78 is 5.48. The maximum absolute atomic E-state index is 11.2. The van der Waals surface area contributed by atoms with Crippen molar-refractivity contribution in [2.24, 2.45) is 0 Å². The van der Waals surface area contributed by atoms with E-state index in [1.165, 1.54) is 0 Å². The topological polar surface area (TPSA) is 70.0 Å². The number of aliphatic hydroxyl groups excluding tert-OH is 1. The van der Waals surface area contributed by atoms with Gasteiger partial charge in [0.2, 0.25) is 0 Å². The van der Waals surface area contributed by atoms with Gasteiger partial charge in [-0.1, -0.05) is 37.3 Å². The molecule has 0 amide bonds. The molecule has 0 heterocycles. The Bertz CT molecular complexity index is 433. The normalized spacial score (nSPS) is 13.4. The van der Waals surface area contributed by atoms with Gasteiger partial charge in [-0.15, -0.1) is 0 Å². The molecule has 0 saturated carbocycles. The number of rotatable bonds is 9. The van der Waals surface area contributed by atoms with E-state index >= 15 is 0 Å². The fourth-order valence-corrected chi connectivity index (χ4v) is 2.08. The fourth-order valence-electron chi connectivity index (χ4n) is 2.08. The molecule has 1 unspecified atom stereocenters. The van der Waals surface area contributed by atoms with Crippen LogP contribution in [0, 0.1) is 0 Å². The number of aliphatic hydroxyl groups is 1. The molecule has 0 spiro atoms. The summed E-state index contributed by atoms with van der Waals surface area (Å²) in [5, 5.41) is 19.2. The molecule has 0 aliphatic rings. The average molecular weight is 295 g/mol. The molecule has 5 heteroatoms. The maximum Gasteiger partial charge on any atom is 0.323 e. The Kier molecular flexibility index (Phi) is 6.81. The molecule has 2 N–H and O–H groups in total. The predicted molar refractivity (Wildman–Crippen MR) is 81.1 cm³/mol. The lowest BCUT2D eigenvalue weighted by Crippen LogP contribution is -2.53. The van der Waals surface area contributed by atoms with Crippen LogP contribution >= 0.6 is 0 Å². The van der Waals surface area contributed by atoms with Gasteiger partial charge in [0.05, 0.1) is 19.3 Å². The third kappa shape index (κ3) is 5.46. The van der Waals surface area contributed by atoms with Crippen LogP contribution in [0.25, 0.3) is 0 Å². The van der Waals surface area contributed by atoms with E-state index in [2.05, 4.69) is 0 Å². The average Bonchev–Trinajstić information content (AvgIpc) is 2.45. The summed E-state index contributed by atoms with van der Waals surface area (Å²) in [5.74, 6) is -0.901. The Morgan fingerprint density at radius 2 is 1.95 bits per heavy atom. The largest absolute Gasteiger partial charge is 0.480 e. The van der Waals surface area contributed by atoms with Crippen molar-refractivity contribution in [2.75, 3.05) is 19.7 Å². The fraction of sp³-hybridized carbons (Fsp3) is 0.562. The minimum Gasteiger partial charge on any atom is -0.480 e. The van der Waals surface area contributed by atoms with E-state index in [0.29, 0.717) is 13.2 Å². The Balaban J connectivity index is 2.41. The van der Waals surface area contributed by atoms with Gasteiger partial charge in [-0.25, -0.2) is 0 Å². The van der Waals surface area contributed by atoms with Gasteiger partial charge in [-0.2, -0.15) is 0 Å². The second-order valence-electron chi connectivity index (χ2n) is 5.56. The summed E-state index contributed by atoms with van der Waals surface area (Å²) in [5.41, 5.74) is 0.0396. The molecule has 0 saturated heterocycles. The number of benzene rings is 1. The lowest BCUT2D eigenvalue weighted by atomic mass is 10.0. The second-order valence-corrected chi connectivity index (χ2v) is 5.56. The SMILES string of the molecule is CCN(CC(O)COCc1ccccc1)C(C)(C)C(=O)O. The monoisotopic (exact) mass is 295 g/mol. The number of carboxylic acids is 1. The van der Waals surface area contributed by atoms with Crippen LogP contribution in [0.2, 0.25) is 0 Å². The molecule has 0 bridgehead atoms. The third-order valence-corrected chi connectivity index (χ3v) is 3.55. The minimum absolute atomic E-state index is 0.182. The number of carbonyl (C=O) groups is 1. The Morgan fingerprint density at radius 3 is 2.48 bits per heavy atom. The Labute approximate surface area is 126 Å². The summed E-state index contributed by atoms with van der Waals surface area (Å²) in [7, 11) is 0. The van der Waals surface area contributed by atoms with Crippen LogP contribution in [-0.4, -0.2) is 52.4 Å². The highest BCUT2D eigenvalue weighted by Gasteiger charge is 2.34. The zero-order valence-corrected chi connectivity index (χ0v) is 13.0. The van der Waals surface area contributed by atoms with Crippen molar-refractivity contribution >= 4 is 5.97 Å². The van der Waals surface area contributed by atoms with Gasteiger partial charge >= 0.3 is 5.97 Å². The number of nitrogens with zero attached hydrogens (tertiary/aromatic N) is 1. The molecule has 5 nitrogen and oxygen atoms in total. The molecule has 0 aromatic heterocycles. The third-order valence-electron chi connectivity index (χ3n) is 3.55. The number of hydrogen-bond acceptors (Lipinski definition) is 4.